The highest BCUT2D eigenvalue weighted by Gasteiger charge is 2.44. The molecule has 2 N–H and O–H groups in total. The number of piperidine rings is 1. The van der Waals surface area contributed by atoms with E-state index in [-0.39, 0.29) is 17.6 Å². The molecule has 3 heterocycles. The zero-order chi connectivity index (χ0) is 16.4. The van der Waals surface area contributed by atoms with Crippen molar-refractivity contribution in [1.29, 1.82) is 0 Å². The predicted molar refractivity (Wildman–Crippen MR) is 90.9 cm³/mol. The number of anilines is 1. The van der Waals surface area contributed by atoms with Gasteiger partial charge in [0, 0.05) is 24.8 Å². The molecule has 1 amide bonds. The number of aromatic amines is 1. The summed E-state index contributed by atoms with van der Waals surface area (Å²) < 4.78 is 6.18. The summed E-state index contributed by atoms with van der Waals surface area (Å²) in [6.45, 7) is 2.11. The highest BCUT2D eigenvalue weighted by Crippen LogP contribution is 2.36. The lowest BCUT2D eigenvalue weighted by atomic mass is 9.88. The van der Waals surface area contributed by atoms with Crippen molar-refractivity contribution in [3.63, 3.8) is 0 Å². The number of hydrogen-bond acceptors (Lipinski definition) is 4. The van der Waals surface area contributed by atoms with Crippen LogP contribution < -0.4 is 5.32 Å². The number of carbonyl (C=O) groups excluding carboxylic acids is 1. The van der Waals surface area contributed by atoms with E-state index in [1.807, 2.05) is 23.1 Å². The fourth-order valence-corrected chi connectivity index (χ4v) is 3.81. The number of benzene rings is 1. The first-order valence-corrected chi connectivity index (χ1v) is 8.48. The van der Waals surface area contributed by atoms with Crippen LogP contribution in [0.2, 0.25) is 0 Å². The quantitative estimate of drug-likeness (QED) is 0.908. The van der Waals surface area contributed by atoms with Gasteiger partial charge in [0.25, 0.3) is 5.91 Å². The normalized spacial score (nSPS) is 26.7. The highest BCUT2D eigenvalue weighted by molar-refractivity contribution is 5.92. The predicted octanol–water partition coefficient (Wildman–Crippen LogP) is 2.29. The molecule has 4 rings (SSSR count). The van der Waals surface area contributed by atoms with Crippen LogP contribution in [0, 0.1) is 0 Å². The van der Waals surface area contributed by atoms with Crippen LogP contribution in [0.25, 0.3) is 0 Å². The molecule has 24 heavy (non-hydrogen) atoms. The molecule has 2 fully saturated rings. The SMILES string of the molecule is O=C(c1ccn[nH]1)N1CCC[C@]2(C[C@@H](Nc3ccccc3)CO2)C1. The van der Waals surface area contributed by atoms with Crippen molar-refractivity contribution in [1.82, 2.24) is 15.1 Å². The Morgan fingerprint density at radius 2 is 2.21 bits per heavy atom. The Morgan fingerprint density at radius 1 is 1.33 bits per heavy atom. The van der Waals surface area contributed by atoms with Crippen LogP contribution in [0.15, 0.2) is 42.6 Å². The van der Waals surface area contributed by atoms with Gasteiger partial charge in [-0.05, 0) is 31.0 Å². The number of rotatable bonds is 3. The van der Waals surface area contributed by atoms with Gasteiger partial charge in [0.1, 0.15) is 5.69 Å². The maximum Gasteiger partial charge on any atom is 0.271 e. The lowest BCUT2D eigenvalue weighted by Crippen LogP contribution is -2.50. The molecule has 0 unspecified atom stereocenters. The summed E-state index contributed by atoms with van der Waals surface area (Å²) in [5.41, 5.74) is 1.44. The fraction of sp³-hybridized carbons (Fsp3) is 0.444. The zero-order valence-corrected chi connectivity index (χ0v) is 13.6. The van der Waals surface area contributed by atoms with Gasteiger partial charge in [0.05, 0.1) is 24.8 Å². The van der Waals surface area contributed by atoms with Gasteiger partial charge in [0.2, 0.25) is 0 Å². The van der Waals surface area contributed by atoms with Crippen molar-refractivity contribution < 1.29 is 9.53 Å². The van der Waals surface area contributed by atoms with Crippen LogP contribution in [0.3, 0.4) is 0 Å². The van der Waals surface area contributed by atoms with Crippen LogP contribution in [-0.2, 0) is 4.74 Å². The third-order valence-corrected chi connectivity index (χ3v) is 4.91. The topological polar surface area (TPSA) is 70.2 Å². The maximum atomic E-state index is 12.6. The van der Waals surface area contributed by atoms with Crippen molar-refractivity contribution >= 4 is 11.6 Å². The minimum atomic E-state index is -0.222. The van der Waals surface area contributed by atoms with Gasteiger partial charge in [-0.3, -0.25) is 9.89 Å². The smallest absolute Gasteiger partial charge is 0.271 e. The zero-order valence-electron chi connectivity index (χ0n) is 13.6. The molecule has 0 bridgehead atoms. The summed E-state index contributed by atoms with van der Waals surface area (Å²) in [5.74, 6) is 0.00893. The van der Waals surface area contributed by atoms with Crippen molar-refractivity contribution in [2.45, 2.75) is 30.9 Å². The molecule has 0 radical (unpaired) electrons. The van der Waals surface area contributed by atoms with Gasteiger partial charge in [-0.25, -0.2) is 0 Å². The molecule has 1 aromatic carbocycles. The average molecular weight is 326 g/mol. The van der Waals surface area contributed by atoms with Gasteiger partial charge < -0.3 is 15.0 Å². The number of carbonyl (C=O) groups is 1. The van der Waals surface area contributed by atoms with E-state index in [2.05, 4.69) is 27.6 Å². The number of nitrogens with one attached hydrogen (secondary N) is 2. The first-order valence-electron chi connectivity index (χ1n) is 8.48. The first kappa shape index (κ1) is 15.2. The van der Waals surface area contributed by atoms with Crippen LogP contribution in [0.4, 0.5) is 5.69 Å². The summed E-state index contributed by atoms with van der Waals surface area (Å²) in [6.07, 6.45) is 4.51. The minimum Gasteiger partial charge on any atom is -0.380 e. The Hall–Kier alpha value is -2.34. The third-order valence-electron chi connectivity index (χ3n) is 4.91. The second-order valence-corrected chi connectivity index (χ2v) is 6.71. The molecule has 6 heteroatoms. The molecule has 2 saturated heterocycles. The van der Waals surface area contributed by atoms with Gasteiger partial charge >= 0.3 is 0 Å². The summed E-state index contributed by atoms with van der Waals surface area (Å²) in [7, 11) is 0. The van der Waals surface area contributed by atoms with Crippen LogP contribution in [0.5, 0.6) is 0 Å². The second kappa shape index (κ2) is 6.28. The van der Waals surface area contributed by atoms with Gasteiger partial charge in [-0.1, -0.05) is 18.2 Å². The van der Waals surface area contributed by atoms with Crippen molar-refractivity contribution in [2.75, 3.05) is 25.0 Å². The Morgan fingerprint density at radius 3 is 3.00 bits per heavy atom. The number of H-pyrrole nitrogens is 1. The van der Waals surface area contributed by atoms with Crippen LogP contribution >= 0.6 is 0 Å². The number of nitrogens with zero attached hydrogens (tertiary/aromatic N) is 2. The minimum absolute atomic E-state index is 0.00893. The first-order chi connectivity index (χ1) is 11.7. The summed E-state index contributed by atoms with van der Waals surface area (Å²) in [6, 6.07) is 12.2. The number of para-hydroxylation sites is 1. The van der Waals surface area contributed by atoms with E-state index in [1.54, 1.807) is 12.3 Å². The highest BCUT2D eigenvalue weighted by atomic mass is 16.5. The Balaban J connectivity index is 1.41. The number of likely N-dealkylation sites (tertiary alicyclic amines) is 1. The van der Waals surface area contributed by atoms with E-state index in [9.17, 15) is 4.79 Å². The largest absolute Gasteiger partial charge is 0.380 e. The Kier molecular flexibility index (Phi) is 3.98. The maximum absolute atomic E-state index is 12.6. The van der Waals surface area contributed by atoms with Gasteiger partial charge in [0.15, 0.2) is 0 Å². The summed E-state index contributed by atoms with van der Waals surface area (Å²) in [5, 5.41) is 10.2. The van der Waals surface area contributed by atoms with E-state index in [0.717, 1.165) is 31.5 Å². The molecule has 1 aromatic heterocycles. The molecule has 0 saturated carbocycles. The molecule has 2 aliphatic rings. The van der Waals surface area contributed by atoms with Crippen molar-refractivity contribution in [2.24, 2.45) is 0 Å². The summed E-state index contributed by atoms with van der Waals surface area (Å²) in [4.78, 5) is 14.4. The van der Waals surface area contributed by atoms with E-state index in [4.69, 9.17) is 4.74 Å². The lowest BCUT2D eigenvalue weighted by molar-refractivity contribution is -0.0448. The molecular formula is C18H22N4O2. The van der Waals surface area contributed by atoms with E-state index < -0.39 is 0 Å². The van der Waals surface area contributed by atoms with E-state index in [0.29, 0.717) is 18.8 Å². The Bertz CT molecular complexity index is 688. The number of ether oxygens (including phenoxy) is 1. The second-order valence-electron chi connectivity index (χ2n) is 6.71. The standard InChI is InChI=1S/C18H22N4O2/c23-17(16-7-9-19-21-16)22-10-4-8-18(13-22)11-15(12-24-18)20-14-5-2-1-3-6-14/h1-3,5-7,9,15,20H,4,8,10-13H2,(H,19,21)/t15-,18+/m1/s1. The molecule has 2 aliphatic heterocycles. The van der Waals surface area contributed by atoms with E-state index >= 15 is 0 Å². The lowest BCUT2D eigenvalue weighted by Gasteiger charge is -2.39. The molecule has 126 valence electrons. The molecule has 0 aliphatic carbocycles. The molecule has 2 atom stereocenters. The number of amides is 1. The van der Waals surface area contributed by atoms with Gasteiger partial charge in [-0.2, -0.15) is 5.10 Å². The average Bonchev–Trinajstić information content (AvgIpc) is 3.26. The number of hydrogen-bond donors (Lipinski definition) is 2. The van der Waals surface area contributed by atoms with E-state index in [1.165, 1.54) is 0 Å². The summed E-state index contributed by atoms with van der Waals surface area (Å²) >= 11 is 0. The van der Waals surface area contributed by atoms with Crippen LogP contribution in [-0.4, -0.2) is 52.3 Å². The Labute approximate surface area is 141 Å². The third kappa shape index (κ3) is 3.01. The van der Waals surface area contributed by atoms with Crippen molar-refractivity contribution in [3.05, 3.63) is 48.3 Å². The number of aromatic nitrogens is 2. The fourth-order valence-electron chi connectivity index (χ4n) is 3.81. The van der Waals surface area contributed by atoms with Crippen molar-refractivity contribution in [3.8, 4) is 0 Å². The monoisotopic (exact) mass is 326 g/mol. The van der Waals surface area contributed by atoms with Crippen LogP contribution in [0.1, 0.15) is 29.8 Å². The van der Waals surface area contributed by atoms with Gasteiger partial charge in [-0.15, -0.1) is 0 Å². The molecule has 2 aromatic rings. The molecule has 1 spiro atoms. The molecular weight excluding hydrogens is 304 g/mol. The molecule has 6 nitrogen and oxygen atoms in total.